The van der Waals surface area contributed by atoms with Crippen LogP contribution in [-0.2, 0) is 9.53 Å². The summed E-state index contributed by atoms with van der Waals surface area (Å²) in [5, 5.41) is 0.396. The first-order chi connectivity index (χ1) is 8.63. The Morgan fingerprint density at radius 2 is 2.16 bits per heavy atom. The first kappa shape index (κ1) is 16.5. The van der Waals surface area contributed by atoms with Crippen LogP contribution in [0.3, 0.4) is 0 Å². The molecule has 0 aliphatic rings. The van der Waals surface area contributed by atoms with Gasteiger partial charge in [-0.2, -0.15) is 0 Å². The Kier molecular flexibility index (Phi) is 6.33. The number of imidazole rings is 1. The Bertz CT molecular complexity index is 571. The van der Waals surface area contributed by atoms with Gasteiger partial charge in [-0.05, 0) is 37.6 Å². The fourth-order valence-electron chi connectivity index (χ4n) is 1.99. The number of nitrogens with zero attached hydrogens (tertiary/aromatic N) is 2. The first-order valence-corrected chi connectivity index (χ1v) is 6.29. The van der Waals surface area contributed by atoms with Crippen molar-refractivity contribution in [3.63, 3.8) is 0 Å². The first-order valence-electron chi connectivity index (χ1n) is 5.91. The second kappa shape index (κ2) is 7.29. The van der Waals surface area contributed by atoms with Crippen LogP contribution in [0.1, 0.15) is 26.3 Å². The summed E-state index contributed by atoms with van der Waals surface area (Å²) in [6.45, 7) is 4.11. The third-order valence-corrected chi connectivity index (χ3v) is 3.03. The summed E-state index contributed by atoms with van der Waals surface area (Å²) >= 11 is 6.12. The van der Waals surface area contributed by atoms with Crippen molar-refractivity contribution < 1.29 is 9.53 Å². The average molecular weight is 291 g/mol. The normalized spacial score (nSPS) is 11.9. The van der Waals surface area contributed by atoms with Crippen LogP contribution in [0.2, 0.25) is 5.28 Å². The van der Waals surface area contributed by atoms with Crippen LogP contribution in [-0.4, -0.2) is 51.7 Å². The molecule has 4 nitrogen and oxygen atoms in total. The van der Waals surface area contributed by atoms with Crippen LogP contribution in [0.15, 0.2) is 24.3 Å². The molecule has 6 heteroatoms. The molecule has 0 saturated heterocycles. The number of carbonyl (C=O) groups excluding carboxylic acids is 1. The quantitative estimate of drug-likeness (QED) is 0.642. The molecule has 0 spiro atoms. The van der Waals surface area contributed by atoms with Crippen molar-refractivity contribution in [1.82, 2.24) is 9.55 Å². The molecular weight excluding hydrogens is 275 g/mol. The number of benzene rings is 1. The van der Waals surface area contributed by atoms with Gasteiger partial charge < -0.3 is 9.30 Å². The van der Waals surface area contributed by atoms with Crippen LogP contribution in [0, 0.1) is 0 Å². The Labute approximate surface area is 139 Å². The predicted molar refractivity (Wildman–Crippen MR) is 77.9 cm³/mol. The van der Waals surface area contributed by atoms with Crippen LogP contribution < -0.4 is 0 Å². The van der Waals surface area contributed by atoms with Crippen molar-refractivity contribution in [2.75, 3.05) is 6.61 Å². The van der Waals surface area contributed by atoms with Gasteiger partial charge in [-0.25, -0.2) is 4.98 Å². The summed E-state index contributed by atoms with van der Waals surface area (Å²) in [5.74, 6) is -0.223. The van der Waals surface area contributed by atoms with E-state index in [2.05, 4.69) is 4.98 Å². The number of esters is 1. The van der Waals surface area contributed by atoms with Crippen molar-refractivity contribution in [3.8, 4) is 0 Å². The topological polar surface area (TPSA) is 44.1 Å². The minimum absolute atomic E-state index is 0. The number of rotatable bonds is 4. The van der Waals surface area contributed by atoms with Gasteiger partial charge in [-0.3, -0.25) is 4.79 Å². The molecule has 1 aromatic heterocycles. The van der Waals surface area contributed by atoms with E-state index in [0.717, 1.165) is 11.0 Å². The molecule has 0 fully saturated rings. The molecule has 1 heterocycles. The number of carbonyl (C=O) groups is 1. The number of aromatic nitrogens is 2. The van der Waals surface area contributed by atoms with Crippen molar-refractivity contribution in [1.29, 1.82) is 0 Å². The summed E-state index contributed by atoms with van der Waals surface area (Å²) in [6.07, 6.45) is 0.286. The van der Waals surface area contributed by atoms with Gasteiger partial charge in [0.2, 0.25) is 5.28 Å². The summed E-state index contributed by atoms with van der Waals surface area (Å²) in [6, 6.07) is 7.59. The van der Waals surface area contributed by atoms with E-state index >= 15 is 0 Å². The molecule has 2 aromatic rings. The number of hydrogen-bond donors (Lipinski definition) is 0. The van der Waals surface area contributed by atoms with Gasteiger partial charge in [-0.15, -0.1) is 0 Å². The molecule has 19 heavy (non-hydrogen) atoms. The van der Waals surface area contributed by atoms with E-state index in [1.165, 1.54) is 0 Å². The Hall–Kier alpha value is -0.550. The van der Waals surface area contributed by atoms with Crippen LogP contribution in [0.5, 0.6) is 0 Å². The molecule has 0 radical (unpaired) electrons. The van der Waals surface area contributed by atoms with E-state index in [1.807, 2.05) is 35.8 Å². The van der Waals surface area contributed by atoms with Gasteiger partial charge in [0.25, 0.3) is 0 Å². The summed E-state index contributed by atoms with van der Waals surface area (Å²) in [5.41, 5.74) is 1.76. The van der Waals surface area contributed by atoms with E-state index in [1.54, 1.807) is 6.92 Å². The van der Waals surface area contributed by atoms with Gasteiger partial charge in [-0.1, -0.05) is 12.1 Å². The van der Waals surface area contributed by atoms with Gasteiger partial charge in [0, 0.05) is 6.04 Å². The van der Waals surface area contributed by atoms with E-state index in [4.69, 9.17) is 16.3 Å². The fourth-order valence-corrected chi connectivity index (χ4v) is 2.34. The number of hydrogen-bond acceptors (Lipinski definition) is 3. The number of halogens is 1. The molecule has 0 aliphatic carbocycles. The Balaban J connectivity index is 0.00000180. The average Bonchev–Trinajstić information content (AvgIpc) is 2.64. The van der Waals surface area contributed by atoms with Crippen molar-refractivity contribution in [2.24, 2.45) is 0 Å². The van der Waals surface area contributed by atoms with E-state index in [9.17, 15) is 4.79 Å². The number of fused-ring (bicyclic) bond motifs is 1. The Morgan fingerprint density at radius 3 is 2.84 bits per heavy atom. The van der Waals surface area contributed by atoms with Crippen LogP contribution in [0.25, 0.3) is 11.0 Å². The third-order valence-electron chi connectivity index (χ3n) is 2.76. The number of para-hydroxylation sites is 2. The van der Waals surface area contributed by atoms with E-state index in [-0.39, 0.29) is 48.0 Å². The second-order valence-corrected chi connectivity index (χ2v) is 4.44. The van der Waals surface area contributed by atoms with Crippen molar-refractivity contribution >= 4 is 58.2 Å². The molecule has 98 valence electrons. The van der Waals surface area contributed by atoms with Gasteiger partial charge in [0.15, 0.2) is 0 Å². The summed E-state index contributed by atoms with van der Waals surface area (Å²) < 4.78 is 6.80. The zero-order valence-corrected chi connectivity index (χ0v) is 11.1. The molecule has 2 rings (SSSR count). The van der Waals surface area contributed by atoms with Gasteiger partial charge in [0.1, 0.15) is 0 Å². The monoisotopic (exact) mass is 290 g/mol. The molecule has 1 aromatic carbocycles. The molecule has 0 saturated carbocycles. The predicted octanol–water partition coefficient (Wildman–Crippen LogP) is 2.56. The molecule has 0 aliphatic heterocycles. The summed E-state index contributed by atoms with van der Waals surface area (Å²) in [7, 11) is 0. The van der Waals surface area contributed by atoms with Crippen LogP contribution in [0.4, 0.5) is 0 Å². The molecule has 0 bridgehead atoms. The van der Waals surface area contributed by atoms with Crippen molar-refractivity contribution in [2.45, 2.75) is 26.3 Å². The number of ether oxygens (including phenoxy) is 1. The van der Waals surface area contributed by atoms with Gasteiger partial charge in [0.05, 0.1) is 24.1 Å². The van der Waals surface area contributed by atoms with Crippen molar-refractivity contribution in [3.05, 3.63) is 29.5 Å². The van der Waals surface area contributed by atoms with Crippen LogP contribution >= 0.6 is 11.6 Å². The maximum absolute atomic E-state index is 11.5. The minimum atomic E-state index is -0.223. The standard InChI is InChI=1S/C13H15ClN2O2.Na.H/c1-3-18-12(17)8-9(2)16-11-7-5-4-6-10(11)15-13(16)14;;/h4-7,9H,3,8H2,1-2H3;;. The molecule has 1 unspecified atom stereocenters. The third kappa shape index (κ3) is 3.72. The van der Waals surface area contributed by atoms with Gasteiger partial charge >= 0.3 is 35.5 Å². The SMILES string of the molecule is CCOC(=O)CC(C)n1c(Cl)nc2ccccc21.[NaH]. The molecule has 0 amide bonds. The fraction of sp³-hybridized carbons (Fsp3) is 0.385. The van der Waals surface area contributed by atoms with E-state index in [0.29, 0.717) is 11.9 Å². The summed E-state index contributed by atoms with van der Waals surface area (Å²) in [4.78, 5) is 15.8. The Morgan fingerprint density at radius 1 is 1.47 bits per heavy atom. The van der Waals surface area contributed by atoms with E-state index < -0.39 is 0 Å². The molecule has 0 N–H and O–H groups in total. The molecular formula is C13H16ClN2NaO2. The zero-order chi connectivity index (χ0) is 13.1. The maximum atomic E-state index is 11.5. The molecule has 1 atom stereocenters. The zero-order valence-electron chi connectivity index (χ0n) is 10.4. The second-order valence-electron chi connectivity index (χ2n) is 4.10.